The summed E-state index contributed by atoms with van der Waals surface area (Å²) in [4.78, 5) is 2.30. The lowest BCUT2D eigenvalue weighted by atomic mass is 9.98. The van der Waals surface area contributed by atoms with E-state index in [-0.39, 0.29) is 5.82 Å². The van der Waals surface area contributed by atoms with Gasteiger partial charge in [-0.1, -0.05) is 13.8 Å². The summed E-state index contributed by atoms with van der Waals surface area (Å²) >= 11 is 0. The molecule has 1 fully saturated rings. The Bertz CT molecular complexity index is 436. The van der Waals surface area contributed by atoms with Crippen molar-refractivity contribution in [1.82, 2.24) is 5.32 Å². The smallest absolute Gasteiger partial charge is 0.167 e. The molecular weight excluding hydrogens is 243 g/mol. The van der Waals surface area contributed by atoms with Gasteiger partial charge < -0.3 is 15.0 Å². The molecule has 0 saturated carbocycles. The Hall–Kier alpha value is -1.29. The number of rotatable bonds is 3. The van der Waals surface area contributed by atoms with Crippen molar-refractivity contribution in [2.45, 2.75) is 32.9 Å². The van der Waals surface area contributed by atoms with Gasteiger partial charge in [0.2, 0.25) is 0 Å². The largest absolute Gasteiger partial charge is 0.494 e. The van der Waals surface area contributed by atoms with E-state index in [0.717, 1.165) is 18.8 Å². The number of hydrogen-bond acceptors (Lipinski definition) is 3. The number of hydrogen-bond donors (Lipinski definition) is 1. The van der Waals surface area contributed by atoms with Crippen LogP contribution in [0, 0.1) is 11.7 Å². The fraction of sp³-hybridized carbons (Fsp3) is 0.600. The number of nitrogens with zero attached hydrogens (tertiary/aromatic N) is 1. The number of anilines is 1. The minimum atomic E-state index is -0.298. The molecule has 1 aliphatic heterocycles. The zero-order chi connectivity index (χ0) is 14.0. The van der Waals surface area contributed by atoms with Gasteiger partial charge in [0.15, 0.2) is 11.6 Å². The molecule has 0 spiro atoms. The Kier molecular flexibility index (Phi) is 4.30. The second-order valence-corrected chi connectivity index (χ2v) is 5.59. The first-order valence-electron chi connectivity index (χ1n) is 6.86. The van der Waals surface area contributed by atoms with Gasteiger partial charge in [0.25, 0.3) is 0 Å². The van der Waals surface area contributed by atoms with Gasteiger partial charge in [-0.25, -0.2) is 4.39 Å². The standard InChI is InChI=1S/C15H23FN2O/c1-10(2)14-8-17-11(3)9-18(14)12-5-6-15(19-4)13(16)7-12/h5-7,10-11,14,17H,8-9H2,1-4H3. The van der Waals surface area contributed by atoms with Crippen molar-refractivity contribution < 1.29 is 9.13 Å². The zero-order valence-corrected chi connectivity index (χ0v) is 12.1. The van der Waals surface area contributed by atoms with Gasteiger partial charge in [0.05, 0.1) is 7.11 Å². The Balaban J connectivity index is 2.28. The maximum absolute atomic E-state index is 13.9. The van der Waals surface area contributed by atoms with E-state index in [1.807, 2.05) is 6.07 Å². The molecule has 0 amide bonds. The lowest BCUT2D eigenvalue weighted by Crippen LogP contribution is -2.57. The molecule has 2 unspecified atom stereocenters. The summed E-state index contributed by atoms with van der Waals surface area (Å²) < 4.78 is 18.8. The molecule has 106 valence electrons. The predicted molar refractivity (Wildman–Crippen MR) is 76.4 cm³/mol. The maximum Gasteiger partial charge on any atom is 0.167 e. The molecule has 19 heavy (non-hydrogen) atoms. The summed E-state index contributed by atoms with van der Waals surface area (Å²) in [6, 6.07) is 6.03. The van der Waals surface area contributed by atoms with Crippen LogP contribution < -0.4 is 15.0 Å². The Morgan fingerprint density at radius 3 is 2.74 bits per heavy atom. The third kappa shape index (κ3) is 3.00. The van der Waals surface area contributed by atoms with Crippen molar-refractivity contribution in [3.8, 4) is 5.75 Å². The van der Waals surface area contributed by atoms with Crippen LogP contribution in [-0.2, 0) is 0 Å². The van der Waals surface area contributed by atoms with Crippen LogP contribution >= 0.6 is 0 Å². The average Bonchev–Trinajstić information content (AvgIpc) is 2.38. The van der Waals surface area contributed by atoms with Gasteiger partial charge >= 0.3 is 0 Å². The van der Waals surface area contributed by atoms with Gasteiger partial charge in [-0.2, -0.15) is 0 Å². The molecule has 0 bridgehead atoms. The van der Waals surface area contributed by atoms with Crippen molar-refractivity contribution >= 4 is 5.69 Å². The summed E-state index contributed by atoms with van der Waals surface area (Å²) in [6.07, 6.45) is 0. The van der Waals surface area contributed by atoms with Crippen LogP contribution in [-0.4, -0.2) is 32.3 Å². The first-order chi connectivity index (χ1) is 9.02. The summed E-state index contributed by atoms with van der Waals surface area (Å²) in [5.41, 5.74) is 0.936. The number of ether oxygens (including phenoxy) is 1. The minimum absolute atomic E-state index is 0.298. The number of benzene rings is 1. The monoisotopic (exact) mass is 266 g/mol. The lowest BCUT2D eigenvalue weighted by Gasteiger charge is -2.43. The average molecular weight is 266 g/mol. The quantitative estimate of drug-likeness (QED) is 0.910. The number of halogens is 1. The molecule has 1 saturated heterocycles. The molecule has 0 aromatic heterocycles. The predicted octanol–water partition coefficient (Wildman–Crippen LogP) is 2.66. The van der Waals surface area contributed by atoms with Gasteiger partial charge in [0.1, 0.15) is 0 Å². The molecule has 0 aliphatic carbocycles. The molecule has 2 atom stereocenters. The first-order valence-corrected chi connectivity index (χ1v) is 6.86. The van der Waals surface area contributed by atoms with Crippen molar-refractivity contribution in [2.75, 3.05) is 25.1 Å². The van der Waals surface area contributed by atoms with E-state index < -0.39 is 0 Å². The van der Waals surface area contributed by atoms with E-state index >= 15 is 0 Å². The minimum Gasteiger partial charge on any atom is -0.494 e. The van der Waals surface area contributed by atoms with Crippen LogP contribution in [0.15, 0.2) is 18.2 Å². The Labute approximate surface area is 114 Å². The summed E-state index contributed by atoms with van der Waals surface area (Å²) in [6.45, 7) is 8.40. The van der Waals surface area contributed by atoms with Crippen LogP contribution in [0.3, 0.4) is 0 Å². The van der Waals surface area contributed by atoms with E-state index in [1.54, 1.807) is 12.1 Å². The molecule has 4 heteroatoms. The molecule has 3 nitrogen and oxygen atoms in total. The van der Waals surface area contributed by atoms with Crippen molar-refractivity contribution in [3.63, 3.8) is 0 Å². The highest BCUT2D eigenvalue weighted by Crippen LogP contribution is 2.28. The van der Waals surface area contributed by atoms with Crippen molar-refractivity contribution in [2.24, 2.45) is 5.92 Å². The van der Waals surface area contributed by atoms with E-state index in [0.29, 0.717) is 23.8 Å². The molecule has 1 aromatic rings. The highest BCUT2D eigenvalue weighted by atomic mass is 19.1. The summed E-state index contributed by atoms with van der Waals surface area (Å²) in [5.74, 6) is 0.520. The number of nitrogens with one attached hydrogen (secondary N) is 1. The highest BCUT2D eigenvalue weighted by Gasteiger charge is 2.28. The van der Waals surface area contributed by atoms with Gasteiger partial charge in [-0.05, 0) is 25.0 Å². The van der Waals surface area contributed by atoms with Crippen molar-refractivity contribution in [3.05, 3.63) is 24.0 Å². The second-order valence-electron chi connectivity index (χ2n) is 5.59. The van der Waals surface area contributed by atoms with Crippen LogP contribution in [0.25, 0.3) is 0 Å². The third-order valence-corrected chi connectivity index (χ3v) is 3.78. The van der Waals surface area contributed by atoms with E-state index in [1.165, 1.54) is 7.11 Å². The van der Waals surface area contributed by atoms with Gasteiger partial charge in [-0.3, -0.25) is 0 Å². The molecule has 1 heterocycles. The SMILES string of the molecule is COc1ccc(N2CC(C)NCC2C(C)C)cc1F. The van der Waals surface area contributed by atoms with Crippen LogP contribution in [0.5, 0.6) is 5.75 Å². The van der Waals surface area contributed by atoms with Crippen LogP contribution in [0.1, 0.15) is 20.8 Å². The topological polar surface area (TPSA) is 24.5 Å². The summed E-state index contributed by atoms with van der Waals surface area (Å²) in [7, 11) is 1.49. The fourth-order valence-corrected chi connectivity index (χ4v) is 2.65. The first kappa shape index (κ1) is 14.1. The molecule has 2 rings (SSSR count). The third-order valence-electron chi connectivity index (χ3n) is 3.78. The van der Waals surface area contributed by atoms with Gasteiger partial charge in [0, 0.05) is 36.9 Å². The Morgan fingerprint density at radius 1 is 1.42 bits per heavy atom. The fourth-order valence-electron chi connectivity index (χ4n) is 2.65. The molecular formula is C15H23FN2O. The zero-order valence-electron chi connectivity index (χ0n) is 12.1. The number of methoxy groups -OCH3 is 1. The second kappa shape index (κ2) is 5.78. The molecule has 1 N–H and O–H groups in total. The number of piperazine rings is 1. The lowest BCUT2D eigenvalue weighted by molar-refractivity contribution is 0.348. The van der Waals surface area contributed by atoms with Crippen molar-refractivity contribution in [1.29, 1.82) is 0 Å². The van der Waals surface area contributed by atoms with E-state index in [2.05, 4.69) is 31.0 Å². The van der Waals surface area contributed by atoms with E-state index in [4.69, 9.17) is 4.74 Å². The normalized spacial score (nSPS) is 23.8. The molecule has 0 radical (unpaired) electrons. The van der Waals surface area contributed by atoms with Crippen LogP contribution in [0.2, 0.25) is 0 Å². The molecule has 1 aliphatic rings. The van der Waals surface area contributed by atoms with Crippen LogP contribution in [0.4, 0.5) is 10.1 Å². The summed E-state index contributed by atoms with van der Waals surface area (Å²) in [5, 5.41) is 3.49. The van der Waals surface area contributed by atoms with Gasteiger partial charge in [-0.15, -0.1) is 0 Å². The van der Waals surface area contributed by atoms with E-state index in [9.17, 15) is 4.39 Å². The molecule has 1 aromatic carbocycles. The highest BCUT2D eigenvalue weighted by molar-refractivity contribution is 5.51. The maximum atomic E-state index is 13.9. The Morgan fingerprint density at radius 2 is 2.16 bits per heavy atom.